The van der Waals surface area contributed by atoms with Gasteiger partial charge in [0.05, 0.1) is 6.42 Å². The SMILES string of the molecule is O=C(/C=C/c1ccc(-c2nnc(Cc3c[nH]c4ccccc34)o2)cc1)NO. The fourth-order valence-corrected chi connectivity index (χ4v) is 2.83. The van der Waals surface area contributed by atoms with Gasteiger partial charge in [0.25, 0.3) is 5.91 Å². The molecular formula is C20H16N4O3. The summed E-state index contributed by atoms with van der Waals surface area (Å²) in [5, 5.41) is 17.9. The first-order chi connectivity index (χ1) is 13.2. The average Bonchev–Trinajstić information content (AvgIpc) is 3.34. The zero-order valence-corrected chi connectivity index (χ0v) is 14.2. The number of para-hydroxylation sites is 1. The fraction of sp³-hybridized carbons (Fsp3) is 0.0500. The molecule has 2 aromatic heterocycles. The van der Waals surface area contributed by atoms with Crippen LogP contribution < -0.4 is 5.48 Å². The van der Waals surface area contributed by atoms with Crippen LogP contribution >= 0.6 is 0 Å². The third-order valence-electron chi connectivity index (χ3n) is 4.18. The largest absolute Gasteiger partial charge is 0.420 e. The van der Waals surface area contributed by atoms with Gasteiger partial charge in [-0.1, -0.05) is 30.3 Å². The maximum atomic E-state index is 11.0. The minimum absolute atomic E-state index is 0.438. The second-order valence-corrected chi connectivity index (χ2v) is 5.97. The third-order valence-corrected chi connectivity index (χ3v) is 4.18. The molecule has 0 unspecified atom stereocenters. The van der Waals surface area contributed by atoms with Gasteiger partial charge in [-0.25, -0.2) is 5.48 Å². The standard InChI is InChI=1S/C20H16N4O3/c25-18(24-26)10-7-13-5-8-14(9-6-13)20-23-22-19(27-20)11-15-12-21-17-4-2-1-3-16(15)17/h1-10,12,21,26H,11H2,(H,24,25)/b10-7+. The monoisotopic (exact) mass is 360 g/mol. The Morgan fingerprint density at radius 1 is 1.15 bits per heavy atom. The molecule has 0 saturated carbocycles. The first-order valence-corrected chi connectivity index (χ1v) is 8.33. The molecule has 3 N–H and O–H groups in total. The number of nitrogens with one attached hydrogen (secondary N) is 2. The zero-order chi connectivity index (χ0) is 18.6. The first-order valence-electron chi connectivity index (χ1n) is 8.33. The topological polar surface area (TPSA) is 104 Å². The van der Waals surface area contributed by atoms with Crippen LogP contribution in [0.1, 0.15) is 17.0 Å². The minimum atomic E-state index is -0.585. The Morgan fingerprint density at radius 2 is 1.96 bits per heavy atom. The van der Waals surface area contributed by atoms with E-state index in [0.29, 0.717) is 18.2 Å². The van der Waals surface area contributed by atoms with Crippen molar-refractivity contribution in [3.8, 4) is 11.5 Å². The fourth-order valence-electron chi connectivity index (χ4n) is 2.83. The highest BCUT2D eigenvalue weighted by Crippen LogP contribution is 2.23. The Balaban J connectivity index is 1.50. The van der Waals surface area contributed by atoms with E-state index in [0.717, 1.165) is 27.6 Å². The van der Waals surface area contributed by atoms with E-state index in [9.17, 15) is 4.79 Å². The number of hydrogen-bond donors (Lipinski definition) is 3. The van der Waals surface area contributed by atoms with Crippen LogP contribution in [0.5, 0.6) is 0 Å². The average molecular weight is 360 g/mol. The molecule has 7 nitrogen and oxygen atoms in total. The second kappa shape index (κ2) is 7.27. The number of benzene rings is 2. The van der Waals surface area contributed by atoms with Crippen LogP contribution in [0.15, 0.2) is 65.2 Å². The van der Waals surface area contributed by atoms with Crippen molar-refractivity contribution in [2.75, 3.05) is 0 Å². The highest BCUT2D eigenvalue weighted by Gasteiger charge is 2.11. The Labute approximate surface area is 154 Å². The van der Waals surface area contributed by atoms with Gasteiger partial charge >= 0.3 is 0 Å². The first kappa shape index (κ1) is 16.7. The number of nitrogens with zero attached hydrogens (tertiary/aromatic N) is 2. The molecule has 27 heavy (non-hydrogen) atoms. The van der Waals surface area contributed by atoms with Crippen molar-refractivity contribution in [2.45, 2.75) is 6.42 Å². The van der Waals surface area contributed by atoms with E-state index in [2.05, 4.69) is 21.2 Å². The highest BCUT2D eigenvalue weighted by molar-refractivity contribution is 5.90. The number of aromatic nitrogens is 3. The Hall–Kier alpha value is -3.71. The molecule has 4 rings (SSSR count). The van der Waals surface area contributed by atoms with Crippen molar-refractivity contribution in [1.29, 1.82) is 0 Å². The molecule has 0 atom stereocenters. The summed E-state index contributed by atoms with van der Waals surface area (Å²) >= 11 is 0. The number of aromatic amines is 1. The molecule has 0 spiro atoms. The van der Waals surface area contributed by atoms with E-state index in [1.807, 2.05) is 48.7 Å². The van der Waals surface area contributed by atoms with Gasteiger partial charge in [-0.05, 0) is 35.4 Å². The van der Waals surface area contributed by atoms with Crippen molar-refractivity contribution >= 4 is 22.9 Å². The molecule has 2 heterocycles. The van der Waals surface area contributed by atoms with Crippen molar-refractivity contribution in [1.82, 2.24) is 20.7 Å². The van der Waals surface area contributed by atoms with Crippen LogP contribution in [0.25, 0.3) is 28.4 Å². The number of amides is 1. The van der Waals surface area contributed by atoms with Gasteiger partial charge < -0.3 is 9.40 Å². The minimum Gasteiger partial charge on any atom is -0.420 e. The molecule has 0 bridgehead atoms. The lowest BCUT2D eigenvalue weighted by Gasteiger charge is -1.97. The second-order valence-electron chi connectivity index (χ2n) is 5.97. The summed E-state index contributed by atoms with van der Waals surface area (Å²) in [6.07, 6.45) is 5.33. The molecular weight excluding hydrogens is 344 g/mol. The van der Waals surface area contributed by atoms with Gasteiger partial charge in [-0.3, -0.25) is 10.0 Å². The van der Waals surface area contributed by atoms with Gasteiger partial charge in [0.1, 0.15) is 0 Å². The predicted octanol–water partition coefficient (Wildman–Crippen LogP) is 3.33. The third kappa shape index (κ3) is 3.63. The van der Waals surface area contributed by atoms with Gasteiger partial charge in [0, 0.05) is 28.7 Å². The molecule has 1 amide bonds. The van der Waals surface area contributed by atoms with E-state index in [1.54, 1.807) is 11.6 Å². The maximum absolute atomic E-state index is 11.0. The lowest BCUT2D eigenvalue weighted by molar-refractivity contribution is -0.124. The summed E-state index contributed by atoms with van der Waals surface area (Å²) in [5.74, 6) is 0.393. The predicted molar refractivity (Wildman–Crippen MR) is 99.8 cm³/mol. The summed E-state index contributed by atoms with van der Waals surface area (Å²) in [6, 6.07) is 15.4. The van der Waals surface area contributed by atoms with E-state index < -0.39 is 5.91 Å². The molecule has 0 saturated heterocycles. The summed E-state index contributed by atoms with van der Waals surface area (Å²) < 4.78 is 5.80. The van der Waals surface area contributed by atoms with E-state index in [4.69, 9.17) is 9.62 Å². The molecule has 134 valence electrons. The Morgan fingerprint density at radius 3 is 2.78 bits per heavy atom. The zero-order valence-electron chi connectivity index (χ0n) is 14.2. The number of hydrogen-bond acceptors (Lipinski definition) is 5. The number of H-pyrrole nitrogens is 1. The van der Waals surface area contributed by atoms with Crippen LogP contribution in [0.4, 0.5) is 0 Å². The van der Waals surface area contributed by atoms with E-state index in [1.165, 1.54) is 6.08 Å². The Kier molecular flexibility index (Phi) is 4.51. The molecule has 7 heteroatoms. The van der Waals surface area contributed by atoms with Crippen LogP contribution in [0.3, 0.4) is 0 Å². The molecule has 2 aromatic carbocycles. The van der Waals surface area contributed by atoms with Crippen molar-refractivity contribution in [2.24, 2.45) is 0 Å². The number of fused-ring (bicyclic) bond motifs is 1. The lowest BCUT2D eigenvalue weighted by atomic mass is 10.1. The molecule has 0 aliphatic carbocycles. The van der Waals surface area contributed by atoms with Crippen molar-refractivity contribution < 1.29 is 14.4 Å². The van der Waals surface area contributed by atoms with Crippen LogP contribution in [-0.2, 0) is 11.2 Å². The Bertz CT molecular complexity index is 1110. The summed E-state index contributed by atoms with van der Waals surface area (Å²) in [7, 11) is 0. The summed E-state index contributed by atoms with van der Waals surface area (Å²) in [6.45, 7) is 0. The van der Waals surface area contributed by atoms with Gasteiger partial charge in [0.15, 0.2) is 0 Å². The quantitative estimate of drug-likeness (QED) is 0.288. The number of rotatable bonds is 5. The summed E-state index contributed by atoms with van der Waals surface area (Å²) in [5.41, 5.74) is 5.31. The smallest absolute Gasteiger partial charge is 0.267 e. The van der Waals surface area contributed by atoms with E-state index in [-0.39, 0.29) is 0 Å². The molecule has 0 fully saturated rings. The highest BCUT2D eigenvalue weighted by atomic mass is 16.5. The van der Waals surface area contributed by atoms with E-state index >= 15 is 0 Å². The normalized spacial score (nSPS) is 11.3. The van der Waals surface area contributed by atoms with Gasteiger partial charge in [-0.2, -0.15) is 0 Å². The van der Waals surface area contributed by atoms with Crippen LogP contribution in [-0.4, -0.2) is 26.3 Å². The molecule has 0 radical (unpaired) electrons. The molecule has 0 aliphatic heterocycles. The van der Waals surface area contributed by atoms with Crippen molar-refractivity contribution in [3.05, 3.63) is 77.8 Å². The van der Waals surface area contributed by atoms with Crippen LogP contribution in [0.2, 0.25) is 0 Å². The lowest BCUT2D eigenvalue weighted by Crippen LogP contribution is -2.14. The number of carbonyl (C=O) groups excluding carboxylic acids is 1. The van der Waals surface area contributed by atoms with Crippen molar-refractivity contribution in [3.63, 3.8) is 0 Å². The number of hydroxylamine groups is 1. The summed E-state index contributed by atoms with van der Waals surface area (Å²) in [4.78, 5) is 14.2. The van der Waals surface area contributed by atoms with Crippen LogP contribution in [0, 0.1) is 0 Å². The van der Waals surface area contributed by atoms with Gasteiger partial charge in [-0.15, -0.1) is 10.2 Å². The number of carbonyl (C=O) groups is 1. The van der Waals surface area contributed by atoms with Gasteiger partial charge in [0.2, 0.25) is 11.8 Å². The maximum Gasteiger partial charge on any atom is 0.267 e. The molecule has 4 aromatic rings. The molecule has 0 aliphatic rings.